The molecule has 2 amide bonds. The normalized spacial score (nSPS) is 20.9. The first kappa shape index (κ1) is 19.4. The second-order valence-corrected chi connectivity index (χ2v) is 8.54. The fourth-order valence-electron chi connectivity index (χ4n) is 4.47. The lowest BCUT2D eigenvalue weighted by Gasteiger charge is -2.49. The number of hydrogen-bond acceptors (Lipinski definition) is 2. The fraction of sp³-hybridized carbons (Fsp3) is 0.333. The van der Waals surface area contributed by atoms with Crippen molar-refractivity contribution in [1.82, 2.24) is 9.80 Å². The summed E-state index contributed by atoms with van der Waals surface area (Å²) in [6.45, 7) is 7.10. The summed E-state index contributed by atoms with van der Waals surface area (Å²) in [4.78, 5) is 29.5. The summed E-state index contributed by atoms with van der Waals surface area (Å²) >= 11 is 0. The highest BCUT2D eigenvalue weighted by Crippen LogP contribution is 2.41. The summed E-state index contributed by atoms with van der Waals surface area (Å²) in [5.74, 6) is -0.650. The molecule has 0 N–H and O–H groups in total. The van der Waals surface area contributed by atoms with Crippen LogP contribution in [0.4, 0.5) is 4.39 Å². The molecule has 1 unspecified atom stereocenters. The van der Waals surface area contributed by atoms with Crippen molar-refractivity contribution in [3.05, 3.63) is 76.6 Å². The van der Waals surface area contributed by atoms with Crippen LogP contribution < -0.4 is 0 Å². The Hall–Kier alpha value is -2.95. The van der Waals surface area contributed by atoms with Crippen LogP contribution in [0.2, 0.25) is 0 Å². The van der Waals surface area contributed by atoms with E-state index in [4.69, 9.17) is 0 Å². The molecular formula is C24H25FN2O2. The van der Waals surface area contributed by atoms with E-state index in [-0.39, 0.29) is 35.6 Å². The van der Waals surface area contributed by atoms with E-state index >= 15 is 0 Å². The molecule has 2 aromatic rings. The van der Waals surface area contributed by atoms with Gasteiger partial charge in [-0.15, -0.1) is 0 Å². The first-order valence-corrected chi connectivity index (χ1v) is 9.89. The molecule has 2 aromatic carbocycles. The molecule has 0 spiro atoms. The molecule has 1 fully saturated rings. The second-order valence-electron chi connectivity index (χ2n) is 8.54. The van der Waals surface area contributed by atoms with Crippen molar-refractivity contribution in [2.75, 3.05) is 19.6 Å². The Kier molecular flexibility index (Phi) is 4.77. The number of rotatable bonds is 2. The molecule has 2 aliphatic heterocycles. The zero-order valence-electron chi connectivity index (χ0n) is 17.0. The van der Waals surface area contributed by atoms with Gasteiger partial charge in [0.25, 0.3) is 0 Å². The minimum absolute atomic E-state index is 0.0455. The minimum atomic E-state index is -0.371. The zero-order chi connectivity index (χ0) is 20.8. The Morgan fingerprint density at radius 3 is 2.59 bits per heavy atom. The Bertz CT molecular complexity index is 1010. The SMILES string of the molecule is C/C(=C\c1ccccc1F)C(=O)N1CC(=O)N2CC(C)(C)c3ccccc3C2C1. The number of fused-ring (bicyclic) bond motifs is 3. The average molecular weight is 392 g/mol. The summed E-state index contributed by atoms with van der Waals surface area (Å²) in [7, 11) is 0. The second kappa shape index (κ2) is 7.14. The third-order valence-corrected chi connectivity index (χ3v) is 5.93. The van der Waals surface area contributed by atoms with E-state index in [2.05, 4.69) is 26.0 Å². The Balaban J connectivity index is 1.63. The molecule has 0 aromatic heterocycles. The van der Waals surface area contributed by atoms with Crippen molar-refractivity contribution < 1.29 is 14.0 Å². The third-order valence-electron chi connectivity index (χ3n) is 5.93. The molecule has 4 rings (SSSR count). The van der Waals surface area contributed by atoms with Crippen molar-refractivity contribution in [2.24, 2.45) is 0 Å². The van der Waals surface area contributed by atoms with Crippen molar-refractivity contribution in [3.63, 3.8) is 0 Å². The summed E-state index contributed by atoms with van der Waals surface area (Å²) in [6, 6.07) is 14.4. The Morgan fingerprint density at radius 1 is 1.14 bits per heavy atom. The van der Waals surface area contributed by atoms with Gasteiger partial charge in [0.1, 0.15) is 12.4 Å². The molecule has 0 radical (unpaired) electrons. The number of amides is 2. The molecule has 2 aliphatic rings. The quantitative estimate of drug-likeness (QED) is 0.727. The van der Waals surface area contributed by atoms with Gasteiger partial charge in [-0.1, -0.05) is 56.3 Å². The summed E-state index contributed by atoms with van der Waals surface area (Å²) in [5.41, 5.74) is 2.98. The van der Waals surface area contributed by atoms with Crippen molar-refractivity contribution in [1.29, 1.82) is 0 Å². The molecule has 0 aliphatic carbocycles. The lowest BCUT2D eigenvalue weighted by Crippen LogP contribution is -2.58. The van der Waals surface area contributed by atoms with Crippen LogP contribution in [0.1, 0.15) is 43.5 Å². The molecule has 0 bridgehead atoms. The summed E-state index contributed by atoms with van der Waals surface area (Å²) < 4.78 is 13.9. The predicted molar refractivity (Wildman–Crippen MR) is 111 cm³/mol. The summed E-state index contributed by atoms with van der Waals surface area (Å²) in [5, 5.41) is 0. The van der Waals surface area contributed by atoms with Gasteiger partial charge in [0.15, 0.2) is 0 Å². The molecular weight excluding hydrogens is 367 g/mol. The van der Waals surface area contributed by atoms with E-state index in [1.165, 1.54) is 11.6 Å². The van der Waals surface area contributed by atoms with Crippen LogP contribution in [-0.4, -0.2) is 41.2 Å². The van der Waals surface area contributed by atoms with Crippen LogP contribution in [0.15, 0.2) is 54.1 Å². The highest BCUT2D eigenvalue weighted by Gasteiger charge is 2.44. The monoisotopic (exact) mass is 392 g/mol. The molecule has 29 heavy (non-hydrogen) atoms. The molecule has 150 valence electrons. The number of hydrogen-bond donors (Lipinski definition) is 0. The number of piperazine rings is 1. The van der Waals surface area contributed by atoms with Gasteiger partial charge in [-0.25, -0.2) is 4.39 Å². The Labute approximate surface area is 170 Å². The van der Waals surface area contributed by atoms with Gasteiger partial charge in [0.2, 0.25) is 11.8 Å². The van der Waals surface area contributed by atoms with Gasteiger partial charge in [0, 0.05) is 29.6 Å². The van der Waals surface area contributed by atoms with Crippen LogP contribution in [0, 0.1) is 5.82 Å². The number of nitrogens with zero attached hydrogens (tertiary/aromatic N) is 2. The lowest BCUT2D eigenvalue weighted by molar-refractivity contribution is -0.148. The topological polar surface area (TPSA) is 40.6 Å². The third kappa shape index (κ3) is 3.46. The Morgan fingerprint density at radius 2 is 1.83 bits per heavy atom. The average Bonchev–Trinajstić information content (AvgIpc) is 2.70. The number of carbonyl (C=O) groups excluding carboxylic acids is 2. The van der Waals surface area contributed by atoms with Gasteiger partial charge in [-0.2, -0.15) is 0 Å². The van der Waals surface area contributed by atoms with Crippen LogP contribution in [-0.2, 0) is 15.0 Å². The van der Waals surface area contributed by atoms with E-state index < -0.39 is 0 Å². The van der Waals surface area contributed by atoms with Crippen LogP contribution in [0.25, 0.3) is 6.08 Å². The fourth-order valence-corrected chi connectivity index (χ4v) is 4.47. The molecule has 2 heterocycles. The first-order chi connectivity index (χ1) is 13.8. The molecule has 4 nitrogen and oxygen atoms in total. The number of benzene rings is 2. The maximum atomic E-state index is 13.9. The molecule has 1 atom stereocenters. The van der Waals surface area contributed by atoms with Gasteiger partial charge < -0.3 is 9.80 Å². The zero-order valence-corrected chi connectivity index (χ0v) is 17.0. The highest BCUT2D eigenvalue weighted by atomic mass is 19.1. The minimum Gasteiger partial charge on any atom is -0.331 e. The first-order valence-electron chi connectivity index (χ1n) is 9.89. The predicted octanol–water partition coefficient (Wildman–Crippen LogP) is 3.93. The van der Waals surface area contributed by atoms with E-state index in [1.807, 2.05) is 17.0 Å². The standard InChI is InChI=1S/C24H25FN2O2/c1-16(12-17-8-4-7-11-20(17)25)23(29)26-13-21-18-9-5-6-10-19(18)24(2,3)15-27(21)22(28)14-26/h4-12,21H,13-15H2,1-3H3/b16-12+. The molecule has 5 heteroatoms. The van der Waals surface area contributed by atoms with E-state index in [9.17, 15) is 14.0 Å². The van der Waals surface area contributed by atoms with Gasteiger partial charge in [0.05, 0.1) is 6.04 Å². The van der Waals surface area contributed by atoms with Crippen molar-refractivity contribution in [2.45, 2.75) is 32.2 Å². The van der Waals surface area contributed by atoms with E-state index in [0.717, 1.165) is 5.56 Å². The van der Waals surface area contributed by atoms with Crippen molar-refractivity contribution in [3.8, 4) is 0 Å². The molecule has 0 saturated carbocycles. The largest absolute Gasteiger partial charge is 0.331 e. The van der Waals surface area contributed by atoms with Crippen LogP contribution in [0.5, 0.6) is 0 Å². The maximum absolute atomic E-state index is 13.9. The van der Waals surface area contributed by atoms with Crippen molar-refractivity contribution >= 4 is 17.9 Å². The highest BCUT2D eigenvalue weighted by molar-refractivity contribution is 5.99. The van der Waals surface area contributed by atoms with E-state index in [0.29, 0.717) is 24.2 Å². The smallest absolute Gasteiger partial charge is 0.250 e. The lowest BCUT2D eigenvalue weighted by atomic mass is 9.75. The van der Waals surface area contributed by atoms with Crippen LogP contribution in [0.3, 0.4) is 0 Å². The summed E-state index contributed by atoms with van der Waals surface area (Å²) in [6.07, 6.45) is 1.55. The van der Waals surface area contributed by atoms with Gasteiger partial charge in [-0.05, 0) is 30.2 Å². The van der Waals surface area contributed by atoms with Gasteiger partial charge >= 0.3 is 0 Å². The molecule has 1 saturated heterocycles. The van der Waals surface area contributed by atoms with E-state index in [1.54, 1.807) is 36.1 Å². The number of halogens is 1. The van der Waals surface area contributed by atoms with Crippen LogP contribution >= 0.6 is 0 Å². The van der Waals surface area contributed by atoms with Gasteiger partial charge in [-0.3, -0.25) is 9.59 Å². The number of carbonyl (C=O) groups is 2. The maximum Gasteiger partial charge on any atom is 0.250 e.